The van der Waals surface area contributed by atoms with Crippen molar-refractivity contribution < 1.29 is 14.6 Å². The average Bonchev–Trinajstić information content (AvgIpc) is 2.40. The van der Waals surface area contributed by atoms with Crippen molar-refractivity contribution in [3.63, 3.8) is 0 Å². The largest absolute Gasteiger partial charge is 0.456 e. The second-order valence-electron chi connectivity index (χ2n) is 3.48. The van der Waals surface area contributed by atoms with Gasteiger partial charge in [-0.25, -0.2) is 0 Å². The van der Waals surface area contributed by atoms with Crippen molar-refractivity contribution in [3.05, 3.63) is 53.9 Å². The van der Waals surface area contributed by atoms with Crippen molar-refractivity contribution in [2.75, 3.05) is 0 Å². The van der Waals surface area contributed by atoms with Gasteiger partial charge in [-0.1, -0.05) is 12.1 Å². The van der Waals surface area contributed by atoms with Gasteiger partial charge in [0.1, 0.15) is 11.5 Å². The van der Waals surface area contributed by atoms with Gasteiger partial charge in [0.25, 0.3) is 0 Å². The quantitative estimate of drug-likeness (QED) is 0.816. The number of rotatable bonds is 4. The molecule has 0 bridgehead atoms. The van der Waals surface area contributed by atoms with E-state index >= 15 is 0 Å². The molecule has 0 unspecified atom stereocenters. The molecule has 4 nitrogen and oxygen atoms in total. The molecule has 1 N–H and O–H groups in total. The molecule has 86 valence electrons. The normalized spacial score (nSPS) is 9.94. The van der Waals surface area contributed by atoms with E-state index in [1.165, 1.54) is 12.4 Å². The van der Waals surface area contributed by atoms with E-state index in [0.29, 0.717) is 23.3 Å². The first-order valence-corrected chi connectivity index (χ1v) is 5.09. The molecule has 0 amide bonds. The van der Waals surface area contributed by atoms with Gasteiger partial charge in [0.05, 0.1) is 12.8 Å². The summed E-state index contributed by atoms with van der Waals surface area (Å²) in [5.74, 6) is 1.14. The first-order chi connectivity index (χ1) is 8.31. The Morgan fingerprint density at radius 2 is 1.94 bits per heavy atom. The van der Waals surface area contributed by atoms with Gasteiger partial charge in [0, 0.05) is 11.8 Å². The number of aldehydes is 1. The van der Waals surface area contributed by atoms with Crippen molar-refractivity contribution in [1.29, 1.82) is 0 Å². The number of aromatic nitrogens is 1. The number of hydrogen-bond acceptors (Lipinski definition) is 4. The zero-order valence-corrected chi connectivity index (χ0v) is 9.04. The fraction of sp³-hybridized carbons (Fsp3) is 0.0769. The van der Waals surface area contributed by atoms with Crippen molar-refractivity contribution >= 4 is 6.29 Å². The number of carbonyl (C=O) groups excluding carboxylic acids is 1. The van der Waals surface area contributed by atoms with Crippen LogP contribution in [0.25, 0.3) is 0 Å². The molecule has 0 atom stereocenters. The van der Waals surface area contributed by atoms with Crippen LogP contribution in [0.2, 0.25) is 0 Å². The first kappa shape index (κ1) is 11.3. The molecular formula is C13H11NO3. The van der Waals surface area contributed by atoms with Crippen LogP contribution in [0.4, 0.5) is 0 Å². The van der Waals surface area contributed by atoms with E-state index in [2.05, 4.69) is 4.98 Å². The summed E-state index contributed by atoms with van der Waals surface area (Å²) >= 11 is 0. The standard InChI is InChI=1S/C13H11NO3/c15-8-10-1-3-12(4-2-10)17-13-5-11(9-16)6-14-7-13/h1-7,9,15H,8H2. The molecule has 0 radical (unpaired) electrons. The maximum atomic E-state index is 10.6. The molecule has 1 aromatic heterocycles. The van der Waals surface area contributed by atoms with Crippen LogP contribution >= 0.6 is 0 Å². The minimum absolute atomic E-state index is 0.00244. The van der Waals surface area contributed by atoms with Gasteiger partial charge in [0.2, 0.25) is 0 Å². The summed E-state index contributed by atoms with van der Waals surface area (Å²) in [5.41, 5.74) is 1.28. The fourth-order valence-electron chi connectivity index (χ4n) is 1.35. The van der Waals surface area contributed by atoms with Crippen LogP contribution in [0.15, 0.2) is 42.7 Å². The van der Waals surface area contributed by atoms with Gasteiger partial charge in [0.15, 0.2) is 6.29 Å². The van der Waals surface area contributed by atoms with Crippen LogP contribution < -0.4 is 4.74 Å². The summed E-state index contributed by atoms with van der Waals surface area (Å²) in [7, 11) is 0. The molecule has 2 aromatic rings. The lowest BCUT2D eigenvalue weighted by molar-refractivity contribution is 0.112. The molecule has 0 aliphatic rings. The van der Waals surface area contributed by atoms with Gasteiger partial charge in [-0.05, 0) is 23.8 Å². The van der Waals surface area contributed by atoms with Crippen LogP contribution in [0.5, 0.6) is 11.5 Å². The summed E-state index contributed by atoms with van der Waals surface area (Å²) in [5, 5.41) is 8.90. The highest BCUT2D eigenvalue weighted by atomic mass is 16.5. The summed E-state index contributed by atoms with van der Waals surface area (Å²) in [4.78, 5) is 14.5. The molecule has 2 rings (SSSR count). The highest BCUT2D eigenvalue weighted by Crippen LogP contribution is 2.21. The second kappa shape index (κ2) is 5.23. The molecule has 17 heavy (non-hydrogen) atoms. The van der Waals surface area contributed by atoms with Gasteiger partial charge in [-0.2, -0.15) is 0 Å². The van der Waals surface area contributed by atoms with E-state index in [1.54, 1.807) is 30.3 Å². The third-order valence-corrected chi connectivity index (χ3v) is 2.21. The summed E-state index contributed by atoms with van der Waals surface area (Å²) in [6.07, 6.45) is 3.72. The molecule has 1 heterocycles. The Kier molecular flexibility index (Phi) is 3.47. The average molecular weight is 229 g/mol. The molecule has 0 spiro atoms. The first-order valence-electron chi connectivity index (χ1n) is 5.09. The molecule has 0 aliphatic carbocycles. The number of hydrogen-bond donors (Lipinski definition) is 1. The topological polar surface area (TPSA) is 59.4 Å². The van der Waals surface area contributed by atoms with Crippen molar-refractivity contribution in [3.8, 4) is 11.5 Å². The van der Waals surface area contributed by atoms with Crippen LogP contribution in [0, 0.1) is 0 Å². The van der Waals surface area contributed by atoms with Crippen molar-refractivity contribution in [2.45, 2.75) is 6.61 Å². The van der Waals surface area contributed by atoms with E-state index in [-0.39, 0.29) is 6.61 Å². The third-order valence-electron chi connectivity index (χ3n) is 2.21. The predicted molar refractivity (Wildman–Crippen MR) is 62.1 cm³/mol. The van der Waals surface area contributed by atoms with Crippen LogP contribution in [0.3, 0.4) is 0 Å². The lowest BCUT2D eigenvalue weighted by Crippen LogP contribution is -1.89. The Morgan fingerprint density at radius 3 is 2.59 bits per heavy atom. The number of nitrogens with zero attached hydrogens (tertiary/aromatic N) is 1. The SMILES string of the molecule is O=Cc1cncc(Oc2ccc(CO)cc2)c1. The Balaban J connectivity index is 2.16. The number of carbonyl (C=O) groups is 1. The van der Waals surface area contributed by atoms with E-state index in [9.17, 15) is 4.79 Å². The van der Waals surface area contributed by atoms with Crippen LogP contribution in [0.1, 0.15) is 15.9 Å². The van der Waals surface area contributed by atoms with Gasteiger partial charge < -0.3 is 9.84 Å². The maximum Gasteiger partial charge on any atom is 0.151 e. The lowest BCUT2D eigenvalue weighted by Gasteiger charge is -2.05. The molecule has 0 saturated carbocycles. The molecule has 0 aliphatic heterocycles. The Hall–Kier alpha value is -2.20. The highest BCUT2D eigenvalue weighted by molar-refractivity contribution is 5.74. The summed E-state index contributed by atoms with van der Waals surface area (Å²) in [6, 6.07) is 8.65. The number of benzene rings is 1. The van der Waals surface area contributed by atoms with Crippen LogP contribution in [-0.2, 0) is 6.61 Å². The van der Waals surface area contributed by atoms with Gasteiger partial charge in [-0.3, -0.25) is 9.78 Å². The van der Waals surface area contributed by atoms with E-state index in [4.69, 9.17) is 9.84 Å². The third kappa shape index (κ3) is 2.89. The monoisotopic (exact) mass is 229 g/mol. The number of aliphatic hydroxyl groups excluding tert-OH is 1. The van der Waals surface area contributed by atoms with Gasteiger partial charge >= 0.3 is 0 Å². The Bertz CT molecular complexity index is 508. The smallest absolute Gasteiger partial charge is 0.151 e. The fourth-order valence-corrected chi connectivity index (χ4v) is 1.35. The van der Waals surface area contributed by atoms with E-state index in [1.807, 2.05) is 0 Å². The minimum atomic E-state index is 0.00244. The van der Waals surface area contributed by atoms with E-state index in [0.717, 1.165) is 5.56 Å². The zero-order valence-electron chi connectivity index (χ0n) is 9.04. The maximum absolute atomic E-state index is 10.6. The van der Waals surface area contributed by atoms with Crippen molar-refractivity contribution in [1.82, 2.24) is 4.98 Å². The molecule has 0 saturated heterocycles. The van der Waals surface area contributed by atoms with Crippen LogP contribution in [-0.4, -0.2) is 16.4 Å². The molecule has 1 aromatic carbocycles. The number of pyridine rings is 1. The number of aliphatic hydroxyl groups is 1. The minimum Gasteiger partial charge on any atom is -0.456 e. The number of ether oxygens (including phenoxy) is 1. The van der Waals surface area contributed by atoms with Gasteiger partial charge in [-0.15, -0.1) is 0 Å². The van der Waals surface area contributed by atoms with E-state index < -0.39 is 0 Å². The molecule has 0 fully saturated rings. The molecule has 4 heteroatoms. The zero-order chi connectivity index (χ0) is 12.1. The second-order valence-corrected chi connectivity index (χ2v) is 3.48. The Labute approximate surface area is 98.5 Å². The highest BCUT2D eigenvalue weighted by Gasteiger charge is 1.99. The summed E-state index contributed by atoms with van der Waals surface area (Å²) in [6.45, 7) is 0.00244. The molecular weight excluding hydrogens is 218 g/mol. The lowest BCUT2D eigenvalue weighted by atomic mass is 10.2. The van der Waals surface area contributed by atoms with Crippen molar-refractivity contribution in [2.24, 2.45) is 0 Å². The summed E-state index contributed by atoms with van der Waals surface area (Å²) < 4.78 is 5.52. The Morgan fingerprint density at radius 1 is 1.18 bits per heavy atom. The predicted octanol–water partition coefficient (Wildman–Crippen LogP) is 2.18.